The van der Waals surface area contributed by atoms with E-state index in [1.165, 1.54) is 12.7 Å². The fourth-order valence-corrected chi connectivity index (χ4v) is 2.58. The summed E-state index contributed by atoms with van der Waals surface area (Å²) in [5.74, 6) is -0.370. The van der Waals surface area contributed by atoms with Crippen LogP contribution in [-0.4, -0.2) is 18.2 Å². The van der Waals surface area contributed by atoms with Crippen LogP contribution in [0.25, 0.3) is 0 Å². The number of hydrogen-bond acceptors (Lipinski definition) is 3. The van der Waals surface area contributed by atoms with E-state index in [0.29, 0.717) is 10.7 Å². The highest BCUT2D eigenvalue weighted by Gasteiger charge is 2.11. The summed E-state index contributed by atoms with van der Waals surface area (Å²) in [5.41, 5.74) is 4.65. The van der Waals surface area contributed by atoms with E-state index in [1.807, 2.05) is 13.0 Å². The first kappa shape index (κ1) is 17.9. The molecule has 2 aromatic rings. The molecule has 0 spiro atoms. The van der Waals surface area contributed by atoms with Crippen LogP contribution < -0.4 is 10.6 Å². The van der Waals surface area contributed by atoms with Crippen molar-refractivity contribution in [1.29, 1.82) is 0 Å². The monoisotopic (exact) mass is 342 g/mol. The van der Waals surface area contributed by atoms with Gasteiger partial charge in [-0.05, 0) is 56.2 Å². The molecule has 0 aliphatic heterocycles. The Hall–Kier alpha value is -2.40. The number of carbonyl (C=O) groups excluding carboxylic acids is 1. The van der Waals surface area contributed by atoms with Gasteiger partial charge in [-0.25, -0.2) is 4.79 Å². The lowest BCUT2D eigenvalue weighted by atomic mass is 10.1. The zero-order valence-electron chi connectivity index (χ0n) is 14.3. The first-order chi connectivity index (χ1) is 11.4. The van der Waals surface area contributed by atoms with Crippen LogP contribution in [0.1, 0.15) is 40.0 Å². The number of ether oxygens (including phenoxy) is 1. The lowest BCUT2D eigenvalue weighted by Gasteiger charge is -2.18. The fourth-order valence-electron chi connectivity index (χ4n) is 2.29. The van der Waals surface area contributed by atoms with Gasteiger partial charge in [-0.2, -0.15) is 0 Å². The van der Waals surface area contributed by atoms with Crippen molar-refractivity contribution in [3.05, 3.63) is 64.7 Å². The van der Waals surface area contributed by atoms with E-state index in [0.717, 1.165) is 16.8 Å². The first-order valence-corrected chi connectivity index (χ1v) is 8.14. The van der Waals surface area contributed by atoms with Crippen molar-refractivity contribution in [3.63, 3.8) is 0 Å². The standard InChI is InChI=1S/C19H22N2O2S/c1-12-5-8-15(9-6-12)14(3)20-19(24)21-17-11-16(18(22)23-4)10-7-13(17)2/h5-11,14H,1-4H3,(H2,20,21,24). The Morgan fingerprint density at radius 3 is 2.42 bits per heavy atom. The molecular weight excluding hydrogens is 320 g/mol. The predicted molar refractivity (Wildman–Crippen MR) is 101 cm³/mol. The van der Waals surface area contributed by atoms with Crippen LogP contribution >= 0.6 is 12.2 Å². The maximum Gasteiger partial charge on any atom is 0.337 e. The maximum atomic E-state index is 11.7. The molecule has 1 unspecified atom stereocenters. The first-order valence-electron chi connectivity index (χ1n) is 7.73. The quantitative estimate of drug-likeness (QED) is 0.646. The Kier molecular flexibility index (Phi) is 5.93. The van der Waals surface area contributed by atoms with Crippen LogP contribution in [0, 0.1) is 13.8 Å². The Labute approximate surface area is 148 Å². The number of carbonyl (C=O) groups is 1. The molecule has 5 heteroatoms. The van der Waals surface area contributed by atoms with Crippen molar-refractivity contribution >= 4 is 29.0 Å². The minimum Gasteiger partial charge on any atom is -0.465 e. The van der Waals surface area contributed by atoms with Crippen LogP contribution in [0.15, 0.2) is 42.5 Å². The molecule has 0 radical (unpaired) electrons. The number of thiocarbonyl (C=S) groups is 1. The number of aryl methyl sites for hydroxylation is 2. The average molecular weight is 342 g/mol. The summed E-state index contributed by atoms with van der Waals surface area (Å²) in [5, 5.41) is 6.92. The van der Waals surface area contributed by atoms with E-state index in [2.05, 4.69) is 48.7 Å². The smallest absolute Gasteiger partial charge is 0.337 e. The summed E-state index contributed by atoms with van der Waals surface area (Å²) in [6.45, 7) is 6.07. The Morgan fingerprint density at radius 1 is 1.12 bits per heavy atom. The molecule has 2 N–H and O–H groups in total. The molecule has 0 bridgehead atoms. The van der Waals surface area contributed by atoms with E-state index in [9.17, 15) is 4.79 Å². The highest BCUT2D eigenvalue weighted by atomic mass is 32.1. The van der Waals surface area contributed by atoms with Crippen molar-refractivity contribution in [1.82, 2.24) is 5.32 Å². The van der Waals surface area contributed by atoms with E-state index in [1.54, 1.807) is 12.1 Å². The van der Waals surface area contributed by atoms with Gasteiger partial charge in [-0.15, -0.1) is 0 Å². The second kappa shape index (κ2) is 7.93. The number of hydrogen-bond donors (Lipinski definition) is 2. The van der Waals surface area contributed by atoms with E-state index >= 15 is 0 Å². The van der Waals surface area contributed by atoms with Crippen LogP contribution in [0.4, 0.5) is 5.69 Å². The average Bonchev–Trinajstić information content (AvgIpc) is 2.56. The van der Waals surface area contributed by atoms with Gasteiger partial charge >= 0.3 is 5.97 Å². The Morgan fingerprint density at radius 2 is 1.79 bits per heavy atom. The zero-order valence-corrected chi connectivity index (χ0v) is 15.2. The van der Waals surface area contributed by atoms with Gasteiger partial charge in [-0.3, -0.25) is 0 Å². The third-order valence-electron chi connectivity index (χ3n) is 3.83. The van der Waals surface area contributed by atoms with Crippen LogP contribution in [-0.2, 0) is 4.74 Å². The van der Waals surface area contributed by atoms with Gasteiger partial charge in [-0.1, -0.05) is 35.9 Å². The fraction of sp³-hybridized carbons (Fsp3) is 0.263. The molecule has 0 amide bonds. The number of esters is 1. The van der Waals surface area contributed by atoms with E-state index in [4.69, 9.17) is 17.0 Å². The van der Waals surface area contributed by atoms with E-state index < -0.39 is 0 Å². The molecule has 0 aromatic heterocycles. The molecule has 2 rings (SSSR count). The summed E-state index contributed by atoms with van der Waals surface area (Å²) in [7, 11) is 1.37. The minimum atomic E-state index is -0.370. The lowest BCUT2D eigenvalue weighted by molar-refractivity contribution is 0.0601. The molecule has 0 aliphatic rings. The van der Waals surface area contributed by atoms with Crippen molar-refractivity contribution in [2.24, 2.45) is 0 Å². The molecule has 24 heavy (non-hydrogen) atoms. The molecule has 0 heterocycles. The number of nitrogens with one attached hydrogen (secondary N) is 2. The summed E-state index contributed by atoms with van der Waals surface area (Å²) < 4.78 is 4.75. The van der Waals surface area contributed by atoms with Gasteiger partial charge in [0.1, 0.15) is 0 Å². The second-order valence-corrected chi connectivity index (χ2v) is 6.16. The van der Waals surface area contributed by atoms with Crippen molar-refractivity contribution in [2.75, 3.05) is 12.4 Å². The van der Waals surface area contributed by atoms with Gasteiger partial charge in [0.2, 0.25) is 0 Å². The highest BCUT2D eigenvalue weighted by molar-refractivity contribution is 7.80. The SMILES string of the molecule is COC(=O)c1ccc(C)c(NC(=S)NC(C)c2ccc(C)cc2)c1. The number of rotatable bonds is 4. The molecule has 4 nitrogen and oxygen atoms in total. The molecule has 0 saturated carbocycles. The topological polar surface area (TPSA) is 50.4 Å². The van der Waals surface area contributed by atoms with Crippen LogP contribution in [0.3, 0.4) is 0 Å². The molecule has 0 aliphatic carbocycles. The van der Waals surface area contributed by atoms with Crippen molar-refractivity contribution in [3.8, 4) is 0 Å². The predicted octanol–water partition coefficient (Wildman–Crippen LogP) is 4.14. The lowest BCUT2D eigenvalue weighted by Crippen LogP contribution is -2.31. The summed E-state index contributed by atoms with van der Waals surface area (Å²) >= 11 is 5.40. The molecule has 0 saturated heterocycles. The van der Waals surface area contributed by atoms with Crippen molar-refractivity contribution < 1.29 is 9.53 Å². The van der Waals surface area contributed by atoms with Gasteiger partial charge in [0.15, 0.2) is 5.11 Å². The summed E-state index contributed by atoms with van der Waals surface area (Å²) in [6.07, 6.45) is 0. The van der Waals surface area contributed by atoms with Crippen LogP contribution in [0.5, 0.6) is 0 Å². The van der Waals surface area contributed by atoms with Gasteiger partial charge < -0.3 is 15.4 Å². The maximum absolute atomic E-state index is 11.7. The molecule has 126 valence electrons. The molecular formula is C19H22N2O2S. The molecule has 2 aromatic carbocycles. The van der Waals surface area contributed by atoms with E-state index in [-0.39, 0.29) is 12.0 Å². The van der Waals surface area contributed by atoms with Crippen molar-refractivity contribution in [2.45, 2.75) is 26.8 Å². The number of methoxy groups -OCH3 is 1. The zero-order chi connectivity index (χ0) is 17.7. The third-order valence-corrected chi connectivity index (χ3v) is 4.05. The molecule has 1 atom stereocenters. The minimum absolute atomic E-state index is 0.0784. The Bertz CT molecular complexity index is 742. The van der Waals surface area contributed by atoms with Gasteiger partial charge in [0.25, 0.3) is 0 Å². The van der Waals surface area contributed by atoms with Gasteiger partial charge in [0.05, 0.1) is 18.7 Å². The largest absolute Gasteiger partial charge is 0.465 e. The van der Waals surface area contributed by atoms with Crippen LogP contribution in [0.2, 0.25) is 0 Å². The number of benzene rings is 2. The Balaban J connectivity index is 2.06. The third kappa shape index (κ3) is 4.55. The highest BCUT2D eigenvalue weighted by Crippen LogP contribution is 2.18. The number of anilines is 1. The van der Waals surface area contributed by atoms with Gasteiger partial charge in [0, 0.05) is 5.69 Å². The summed E-state index contributed by atoms with van der Waals surface area (Å²) in [4.78, 5) is 11.7. The molecule has 0 fully saturated rings. The summed E-state index contributed by atoms with van der Waals surface area (Å²) in [6, 6.07) is 13.7. The second-order valence-electron chi connectivity index (χ2n) is 5.75. The normalized spacial score (nSPS) is 11.5.